The maximum atomic E-state index is 14.3. The van der Waals surface area contributed by atoms with Gasteiger partial charge in [-0.1, -0.05) is 73.7 Å². The summed E-state index contributed by atoms with van der Waals surface area (Å²) in [6.07, 6.45) is 15.1. The van der Waals surface area contributed by atoms with Gasteiger partial charge < -0.3 is 4.74 Å². The van der Waals surface area contributed by atoms with E-state index in [9.17, 15) is 4.39 Å². The fraction of sp³-hybridized carbons (Fsp3) is 0.444. The van der Waals surface area contributed by atoms with Crippen LogP contribution in [0.1, 0.15) is 80.5 Å². The normalized spacial score (nSPS) is 17.4. The summed E-state index contributed by atoms with van der Waals surface area (Å²) in [5, 5.41) is 0. The largest absolute Gasteiger partial charge is 0.377 e. The summed E-state index contributed by atoms with van der Waals surface area (Å²) < 4.78 is 19.8. The van der Waals surface area contributed by atoms with Crippen molar-refractivity contribution in [2.75, 3.05) is 6.61 Å². The molecule has 3 aromatic rings. The molecule has 0 saturated heterocycles. The van der Waals surface area contributed by atoms with E-state index in [1.807, 2.05) is 12.1 Å². The predicted octanol–water partition coefficient (Wildman–Crippen LogP) is 9.91. The van der Waals surface area contributed by atoms with Gasteiger partial charge in [-0.25, -0.2) is 4.39 Å². The third-order valence-corrected chi connectivity index (χ3v) is 8.21. The van der Waals surface area contributed by atoms with E-state index in [0.29, 0.717) is 18.8 Å². The first-order valence-corrected chi connectivity index (χ1v) is 14.8. The van der Waals surface area contributed by atoms with Crippen LogP contribution in [-0.2, 0) is 30.6 Å². The lowest BCUT2D eigenvalue weighted by molar-refractivity contribution is 0.119. The van der Waals surface area contributed by atoms with Gasteiger partial charge in [-0.05, 0) is 116 Å². The van der Waals surface area contributed by atoms with Crippen molar-refractivity contribution in [3.05, 3.63) is 107 Å². The first kappa shape index (κ1) is 28.3. The Morgan fingerprint density at radius 1 is 0.789 bits per heavy atom. The lowest BCUT2D eigenvalue weighted by Gasteiger charge is -2.26. The van der Waals surface area contributed by atoms with Crippen molar-refractivity contribution in [1.82, 2.24) is 0 Å². The number of hydrogen-bond donors (Lipinski definition) is 0. The number of allylic oxidation sites excluding steroid dienone is 1. The number of ether oxygens (including phenoxy) is 1. The van der Waals surface area contributed by atoms with Crippen LogP contribution in [0, 0.1) is 17.7 Å². The summed E-state index contributed by atoms with van der Waals surface area (Å²) in [6.45, 7) is 7.06. The SMILES string of the molecule is C=C[C@H]1CC[C@H](CCc2ccc(-c3ccc(CCCCc4ccc(COCCC)c(F)c4)cc3)cc2)CC1. The highest BCUT2D eigenvalue weighted by molar-refractivity contribution is 5.64. The molecule has 1 nitrogen and oxygen atoms in total. The maximum absolute atomic E-state index is 14.3. The van der Waals surface area contributed by atoms with E-state index in [2.05, 4.69) is 68.1 Å². The molecule has 0 unspecified atom stereocenters. The Hall–Kier alpha value is -2.71. The van der Waals surface area contributed by atoms with E-state index in [1.54, 1.807) is 6.07 Å². The van der Waals surface area contributed by atoms with E-state index in [1.165, 1.54) is 60.8 Å². The van der Waals surface area contributed by atoms with Crippen molar-refractivity contribution < 1.29 is 9.13 Å². The van der Waals surface area contributed by atoms with Gasteiger partial charge in [0.1, 0.15) is 5.82 Å². The smallest absolute Gasteiger partial charge is 0.128 e. The van der Waals surface area contributed by atoms with E-state index < -0.39 is 0 Å². The highest BCUT2D eigenvalue weighted by Gasteiger charge is 2.18. The second-order valence-electron chi connectivity index (χ2n) is 11.1. The molecule has 3 aromatic carbocycles. The average Bonchev–Trinajstić information content (AvgIpc) is 2.96. The molecule has 0 bridgehead atoms. The molecule has 4 rings (SSSR count). The molecule has 0 aromatic heterocycles. The molecule has 0 aliphatic heterocycles. The van der Waals surface area contributed by atoms with E-state index in [-0.39, 0.29) is 5.82 Å². The molecule has 1 aliphatic carbocycles. The van der Waals surface area contributed by atoms with Gasteiger partial charge in [-0.2, -0.15) is 0 Å². The summed E-state index contributed by atoms with van der Waals surface area (Å²) in [5.74, 6) is 1.49. The summed E-state index contributed by atoms with van der Waals surface area (Å²) in [4.78, 5) is 0. The Bertz CT molecular complexity index is 1110. The molecule has 0 atom stereocenters. The fourth-order valence-corrected chi connectivity index (χ4v) is 5.66. The van der Waals surface area contributed by atoms with Crippen LogP contribution in [0.2, 0.25) is 0 Å². The van der Waals surface area contributed by atoms with Gasteiger partial charge in [0.2, 0.25) is 0 Å². The Labute approximate surface area is 230 Å². The Kier molecular flexibility index (Phi) is 11.2. The zero-order chi connectivity index (χ0) is 26.6. The van der Waals surface area contributed by atoms with Crippen molar-refractivity contribution in [2.24, 2.45) is 11.8 Å². The van der Waals surface area contributed by atoms with Crippen LogP contribution in [0.3, 0.4) is 0 Å². The second kappa shape index (κ2) is 15.0. The third-order valence-electron chi connectivity index (χ3n) is 8.21. The van der Waals surface area contributed by atoms with E-state index in [4.69, 9.17) is 4.74 Å². The van der Waals surface area contributed by atoms with Gasteiger partial charge in [0.15, 0.2) is 0 Å². The van der Waals surface area contributed by atoms with Crippen molar-refractivity contribution in [2.45, 2.75) is 84.2 Å². The Morgan fingerprint density at radius 3 is 1.95 bits per heavy atom. The lowest BCUT2D eigenvalue weighted by atomic mass is 9.79. The number of halogens is 1. The van der Waals surface area contributed by atoms with Crippen LogP contribution in [-0.4, -0.2) is 6.61 Å². The van der Waals surface area contributed by atoms with Crippen molar-refractivity contribution >= 4 is 0 Å². The molecule has 1 fully saturated rings. The Balaban J connectivity index is 1.17. The summed E-state index contributed by atoms with van der Waals surface area (Å²) in [5.41, 5.74) is 7.11. The molecule has 1 aliphatic rings. The van der Waals surface area contributed by atoms with Gasteiger partial charge >= 0.3 is 0 Å². The van der Waals surface area contributed by atoms with Crippen LogP contribution in [0.5, 0.6) is 0 Å². The van der Waals surface area contributed by atoms with Crippen LogP contribution in [0.4, 0.5) is 4.39 Å². The average molecular weight is 513 g/mol. The molecule has 1 saturated carbocycles. The third kappa shape index (κ3) is 8.67. The van der Waals surface area contributed by atoms with Crippen molar-refractivity contribution in [3.8, 4) is 11.1 Å². The van der Waals surface area contributed by atoms with Crippen LogP contribution >= 0.6 is 0 Å². The number of aryl methyl sites for hydroxylation is 3. The van der Waals surface area contributed by atoms with Gasteiger partial charge in [0.05, 0.1) is 6.61 Å². The molecule has 2 heteroatoms. The quantitative estimate of drug-likeness (QED) is 0.154. The number of unbranched alkanes of at least 4 members (excludes halogenated alkanes) is 1. The molecule has 0 heterocycles. The first-order chi connectivity index (χ1) is 18.6. The number of rotatable bonds is 14. The number of benzene rings is 3. The van der Waals surface area contributed by atoms with E-state index >= 15 is 0 Å². The van der Waals surface area contributed by atoms with Gasteiger partial charge in [0.25, 0.3) is 0 Å². The molecular weight excluding hydrogens is 467 g/mol. The first-order valence-electron chi connectivity index (χ1n) is 14.8. The summed E-state index contributed by atoms with van der Waals surface area (Å²) in [6, 6.07) is 23.8. The topological polar surface area (TPSA) is 9.23 Å². The predicted molar refractivity (Wildman–Crippen MR) is 159 cm³/mol. The second-order valence-corrected chi connectivity index (χ2v) is 11.1. The van der Waals surface area contributed by atoms with Crippen molar-refractivity contribution in [3.63, 3.8) is 0 Å². The summed E-state index contributed by atoms with van der Waals surface area (Å²) >= 11 is 0. The van der Waals surface area contributed by atoms with Gasteiger partial charge in [0, 0.05) is 12.2 Å². The molecule has 38 heavy (non-hydrogen) atoms. The zero-order valence-electron chi connectivity index (χ0n) is 23.3. The highest BCUT2D eigenvalue weighted by atomic mass is 19.1. The van der Waals surface area contributed by atoms with Crippen LogP contribution in [0.15, 0.2) is 79.4 Å². The molecule has 0 N–H and O–H groups in total. The Morgan fingerprint density at radius 2 is 1.37 bits per heavy atom. The molecule has 0 amide bonds. The van der Waals surface area contributed by atoms with Gasteiger partial charge in [-0.15, -0.1) is 6.58 Å². The van der Waals surface area contributed by atoms with Crippen molar-refractivity contribution in [1.29, 1.82) is 0 Å². The summed E-state index contributed by atoms with van der Waals surface area (Å²) in [7, 11) is 0. The lowest BCUT2D eigenvalue weighted by Crippen LogP contribution is -2.13. The minimum Gasteiger partial charge on any atom is -0.377 e. The van der Waals surface area contributed by atoms with Gasteiger partial charge in [-0.3, -0.25) is 0 Å². The van der Waals surface area contributed by atoms with Crippen LogP contribution in [0.25, 0.3) is 11.1 Å². The molecule has 0 radical (unpaired) electrons. The van der Waals surface area contributed by atoms with E-state index in [0.717, 1.165) is 49.5 Å². The minimum atomic E-state index is -0.145. The highest BCUT2D eigenvalue weighted by Crippen LogP contribution is 2.32. The monoisotopic (exact) mass is 512 g/mol. The number of hydrogen-bond acceptors (Lipinski definition) is 1. The molecular formula is C36H45FO. The zero-order valence-corrected chi connectivity index (χ0v) is 23.3. The minimum absolute atomic E-state index is 0.145. The van der Waals surface area contributed by atoms with Crippen LogP contribution < -0.4 is 0 Å². The fourth-order valence-electron chi connectivity index (χ4n) is 5.66. The molecule has 0 spiro atoms. The standard InChI is InChI=1S/C36H45FO/c1-3-25-38-27-35-24-19-32(26-36(35)37)8-6-5-7-29-15-20-33(21-16-29)34-22-17-31(18-23-34)14-13-30-11-9-28(4-2)10-12-30/h4,15-24,26,28,30H,2-3,5-14,25,27H2,1H3/t28-,30-. The molecule has 202 valence electrons. The maximum Gasteiger partial charge on any atom is 0.128 e.